The fraction of sp³-hybridized carbons (Fsp3) is 0.533. The highest BCUT2D eigenvalue weighted by Crippen LogP contribution is 2.12. The minimum atomic E-state index is -2.56. The van der Waals surface area contributed by atoms with Crippen molar-refractivity contribution in [2.45, 2.75) is 56.8 Å². The van der Waals surface area contributed by atoms with E-state index in [0.717, 1.165) is 12.8 Å². The highest BCUT2D eigenvalue weighted by atomic mass is 32.2. The van der Waals surface area contributed by atoms with Crippen molar-refractivity contribution in [2.24, 2.45) is 0 Å². The minimum Gasteiger partial charge on any atom is -0.326 e. The van der Waals surface area contributed by atoms with E-state index in [1.165, 1.54) is 37.8 Å². The maximum absolute atomic E-state index is 11.7. The standard InChI is InChI=1S/C15H23NO3S/c1-2-3-4-5-6-7-8-15(17)16-13-9-11-14(12-10-13)20(18)19/h9-12,20H,2-8H2,1H3,(H,16,17). The first-order valence-electron chi connectivity index (χ1n) is 7.17. The van der Waals surface area contributed by atoms with E-state index in [2.05, 4.69) is 12.2 Å². The van der Waals surface area contributed by atoms with Gasteiger partial charge < -0.3 is 5.32 Å². The molecule has 0 atom stereocenters. The van der Waals surface area contributed by atoms with Gasteiger partial charge in [0.1, 0.15) is 0 Å². The van der Waals surface area contributed by atoms with Gasteiger partial charge in [-0.15, -0.1) is 0 Å². The summed E-state index contributed by atoms with van der Waals surface area (Å²) in [6.07, 6.45) is 7.43. The average molecular weight is 297 g/mol. The number of amides is 1. The Labute approximate surface area is 122 Å². The number of carbonyl (C=O) groups is 1. The quantitative estimate of drug-likeness (QED) is 0.543. The second-order valence-corrected chi connectivity index (χ2v) is 5.90. The smallest absolute Gasteiger partial charge is 0.224 e. The van der Waals surface area contributed by atoms with Crippen molar-refractivity contribution in [3.63, 3.8) is 0 Å². The summed E-state index contributed by atoms with van der Waals surface area (Å²) in [6.45, 7) is 2.18. The Hall–Kier alpha value is -1.36. The number of benzene rings is 1. The fourth-order valence-electron chi connectivity index (χ4n) is 1.96. The van der Waals surface area contributed by atoms with Gasteiger partial charge in [-0.05, 0) is 30.7 Å². The summed E-state index contributed by atoms with van der Waals surface area (Å²) in [4.78, 5) is 11.9. The minimum absolute atomic E-state index is 0.0141. The lowest BCUT2D eigenvalue weighted by atomic mass is 10.1. The predicted octanol–water partition coefficient (Wildman–Crippen LogP) is 3.35. The molecule has 0 aliphatic heterocycles. The molecule has 0 saturated carbocycles. The van der Waals surface area contributed by atoms with Gasteiger partial charge in [-0.25, -0.2) is 8.42 Å². The summed E-state index contributed by atoms with van der Waals surface area (Å²) < 4.78 is 21.5. The first-order chi connectivity index (χ1) is 9.63. The fourth-order valence-corrected chi connectivity index (χ4v) is 2.35. The van der Waals surface area contributed by atoms with Gasteiger partial charge >= 0.3 is 0 Å². The molecule has 0 aliphatic carbocycles. The zero-order valence-electron chi connectivity index (χ0n) is 11.9. The van der Waals surface area contributed by atoms with Crippen LogP contribution in [0.15, 0.2) is 29.2 Å². The van der Waals surface area contributed by atoms with E-state index in [9.17, 15) is 13.2 Å². The molecule has 0 radical (unpaired) electrons. The lowest BCUT2D eigenvalue weighted by Gasteiger charge is -2.05. The normalized spacial score (nSPS) is 10.7. The molecule has 0 fully saturated rings. The van der Waals surface area contributed by atoms with Gasteiger partial charge in [-0.2, -0.15) is 0 Å². The van der Waals surface area contributed by atoms with Crippen molar-refractivity contribution in [1.29, 1.82) is 0 Å². The molecular formula is C15H23NO3S. The van der Waals surface area contributed by atoms with Crippen LogP contribution in [0.4, 0.5) is 5.69 Å². The van der Waals surface area contributed by atoms with Gasteiger partial charge in [0.05, 0.1) is 4.90 Å². The van der Waals surface area contributed by atoms with Crippen LogP contribution in [0.2, 0.25) is 0 Å². The molecule has 1 rings (SSSR count). The zero-order chi connectivity index (χ0) is 14.8. The molecule has 0 saturated heterocycles. The Kier molecular flexibility index (Phi) is 7.95. The molecule has 4 nitrogen and oxygen atoms in total. The van der Waals surface area contributed by atoms with E-state index in [0.29, 0.717) is 12.1 Å². The number of unbranched alkanes of at least 4 members (excludes halogenated alkanes) is 5. The first-order valence-corrected chi connectivity index (χ1v) is 8.35. The third-order valence-corrected chi connectivity index (χ3v) is 3.84. The maximum atomic E-state index is 11.7. The van der Waals surface area contributed by atoms with Gasteiger partial charge in [-0.3, -0.25) is 4.79 Å². The lowest BCUT2D eigenvalue weighted by molar-refractivity contribution is -0.116. The van der Waals surface area contributed by atoms with Crippen molar-refractivity contribution < 1.29 is 13.2 Å². The summed E-state index contributed by atoms with van der Waals surface area (Å²) in [5.74, 6) is -0.0141. The van der Waals surface area contributed by atoms with Gasteiger partial charge in [-0.1, -0.05) is 39.0 Å². The van der Waals surface area contributed by atoms with Crippen LogP contribution in [0.1, 0.15) is 51.9 Å². The van der Waals surface area contributed by atoms with Crippen molar-refractivity contribution in [2.75, 3.05) is 5.32 Å². The molecule has 1 aromatic rings. The van der Waals surface area contributed by atoms with E-state index in [-0.39, 0.29) is 10.8 Å². The molecule has 0 heterocycles. The Morgan fingerprint density at radius 3 is 2.20 bits per heavy atom. The van der Waals surface area contributed by atoms with Crippen LogP contribution >= 0.6 is 0 Å². The Bertz CT molecular complexity index is 472. The number of anilines is 1. The van der Waals surface area contributed by atoms with Crippen LogP contribution in [0.25, 0.3) is 0 Å². The van der Waals surface area contributed by atoms with Crippen LogP contribution in [0.3, 0.4) is 0 Å². The average Bonchev–Trinajstić information content (AvgIpc) is 2.43. The van der Waals surface area contributed by atoms with E-state index in [4.69, 9.17) is 0 Å². The highest BCUT2D eigenvalue weighted by Gasteiger charge is 2.02. The zero-order valence-corrected chi connectivity index (χ0v) is 12.8. The van der Waals surface area contributed by atoms with E-state index >= 15 is 0 Å². The number of carbonyl (C=O) groups excluding carboxylic acids is 1. The summed E-state index contributed by atoms with van der Waals surface area (Å²) in [6, 6.07) is 6.21. The Morgan fingerprint density at radius 2 is 1.60 bits per heavy atom. The Balaban J connectivity index is 2.25. The third kappa shape index (κ3) is 6.70. The van der Waals surface area contributed by atoms with Crippen molar-refractivity contribution in [1.82, 2.24) is 0 Å². The summed E-state index contributed by atoms with van der Waals surface area (Å²) >= 11 is 0. The first kappa shape index (κ1) is 16.7. The number of rotatable bonds is 9. The van der Waals surface area contributed by atoms with Gasteiger partial charge in [0.25, 0.3) is 0 Å². The van der Waals surface area contributed by atoms with Crippen LogP contribution in [-0.2, 0) is 15.5 Å². The molecule has 0 aliphatic rings. The van der Waals surface area contributed by atoms with Crippen LogP contribution in [-0.4, -0.2) is 14.3 Å². The van der Waals surface area contributed by atoms with Gasteiger partial charge in [0.15, 0.2) is 10.7 Å². The van der Waals surface area contributed by atoms with Gasteiger partial charge in [0.2, 0.25) is 5.91 Å². The van der Waals surface area contributed by atoms with E-state index < -0.39 is 10.7 Å². The molecular weight excluding hydrogens is 274 g/mol. The molecule has 1 amide bonds. The molecule has 112 valence electrons. The van der Waals surface area contributed by atoms with Crippen molar-refractivity contribution in [3.05, 3.63) is 24.3 Å². The van der Waals surface area contributed by atoms with Crippen LogP contribution < -0.4 is 5.32 Å². The molecule has 1 N–H and O–H groups in total. The molecule has 0 spiro atoms. The largest absolute Gasteiger partial charge is 0.326 e. The monoisotopic (exact) mass is 297 g/mol. The summed E-state index contributed by atoms with van der Waals surface area (Å²) in [5.41, 5.74) is 0.640. The number of nitrogens with one attached hydrogen (secondary N) is 1. The molecule has 5 heteroatoms. The Morgan fingerprint density at radius 1 is 1.00 bits per heavy atom. The second-order valence-electron chi connectivity index (χ2n) is 4.87. The summed E-state index contributed by atoms with van der Waals surface area (Å²) in [7, 11) is -2.56. The van der Waals surface area contributed by atoms with Crippen LogP contribution in [0.5, 0.6) is 0 Å². The van der Waals surface area contributed by atoms with Crippen molar-refractivity contribution in [3.8, 4) is 0 Å². The summed E-state index contributed by atoms with van der Waals surface area (Å²) in [5, 5.41) is 2.77. The predicted molar refractivity (Wildman–Crippen MR) is 81.6 cm³/mol. The van der Waals surface area contributed by atoms with E-state index in [1.54, 1.807) is 12.1 Å². The molecule has 20 heavy (non-hydrogen) atoms. The highest BCUT2D eigenvalue weighted by molar-refractivity contribution is 7.72. The number of hydrogen-bond acceptors (Lipinski definition) is 3. The SMILES string of the molecule is CCCCCCCCC(=O)Nc1ccc([SH](=O)=O)cc1. The van der Waals surface area contributed by atoms with Crippen LogP contribution in [0, 0.1) is 0 Å². The molecule has 0 unspecified atom stereocenters. The second kappa shape index (κ2) is 9.53. The molecule has 1 aromatic carbocycles. The van der Waals surface area contributed by atoms with Gasteiger partial charge in [0, 0.05) is 12.1 Å². The maximum Gasteiger partial charge on any atom is 0.224 e. The lowest BCUT2D eigenvalue weighted by Crippen LogP contribution is -2.10. The number of thiol groups is 1. The topological polar surface area (TPSA) is 63.2 Å². The van der Waals surface area contributed by atoms with Crippen molar-refractivity contribution >= 4 is 22.3 Å². The molecule has 0 bridgehead atoms. The molecule has 0 aromatic heterocycles. The third-order valence-electron chi connectivity index (χ3n) is 3.12. The van der Waals surface area contributed by atoms with E-state index in [1.807, 2.05) is 0 Å². The number of hydrogen-bond donors (Lipinski definition) is 2.